The van der Waals surface area contributed by atoms with Gasteiger partial charge in [0.25, 0.3) is 0 Å². The molecule has 1 atom stereocenters. The van der Waals surface area contributed by atoms with Crippen molar-refractivity contribution in [1.82, 2.24) is 4.90 Å². The van der Waals surface area contributed by atoms with E-state index in [1.165, 1.54) is 25.0 Å². The molecule has 1 aromatic carbocycles. The van der Waals surface area contributed by atoms with Gasteiger partial charge in [0, 0.05) is 43.5 Å². The minimum Gasteiger partial charge on any atom is -0.427 e. The lowest BCUT2D eigenvalue weighted by Gasteiger charge is -2.33. The molecule has 0 radical (unpaired) electrons. The monoisotopic (exact) mass is 343 g/mol. The predicted octanol–water partition coefficient (Wildman–Crippen LogP) is 2.47. The van der Waals surface area contributed by atoms with Crippen molar-refractivity contribution in [3.63, 3.8) is 0 Å². The zero-order chi connectivity index (χ0) is 17.1. The van der Waals surface area contributed by atoms with Crippen LogP contribution in [0.3, 0.4) is 0 Å². The molecular weight excluding hydrogens is 324 g/mol. The number of nitro benzene ring substituents is 1. The second-order valence-corrected chi connectivity index (χ2v) is 5.92. The van der Waals surface area contributed by atoms with E-state index in [1.807, 2.05) is 0 Å². The third-order valence-corrected chi connectivity index (χ3v) is 4.14. The van der Waals surface area contributed by atoms with Crippen LogP contribution >= 0.6 is 0 Å². The number of ether oxygens (including phenoxy) is 2. The Labute approximate surface area is 137 Å². The van der Waals surface area contributed by atoms with E-state index in [4.69, 9.17) is 4.74 Å². The summed E-state index contributed by atoms with van der Waals surface area (Å²) in [5, 5.41) is 13.9. The largest absolute Gasteiger partial charge is 0.427 e. The van der Waals surface area contributed by atoms with Crippen molar-refractivity contribution < 1.29 is 23.2 Å². The lowest BCUT2D eigenvalue weighted by Crippen LogP contribution is -2.46. The molecule has 3 rings (SSSR count). The highest BCUT2D eigenvalue weighted by Crippen LogP contribution is 2.32. The molecule has 1 aliphatic carbocycles. The zero-order valence-electron chi connectivity index (χ0n) is 13.0. The molecule has 9 heteroatoms. The molecule has 2 aliphatic rings. The molecule has 1 unspecified atom stereocenters. The van der Waals surface area contributed by atoms with Gasteiger partial charge in [-0.2, -0.15) is 8.78 Å². The average molecular weight is 343 g/mol. The summed E-state index contributed by atoms with van der Waals surface area (Å²) in [4.78, 5) is 12.5. The number of alkyl halides is 2. The molecule has 0 amide bonds. The number of morpholine rings is 1. The molecule has 1 N–H and O–H groups in total. The number of nitrogens with zero attached hydrogens (tertiary/aromatic N) is 2. The Morgan fingerprint density at radius 2 is 2.25 bits per heavy atom. The van der Waals surface area contributed by atoms with Gasteiger partial charge in [-0.15, -0.1) is 0 Å². The van der Waals surface area contributed by atoms with Gasteiger partial charge in [-0.3, -0.25) is 15.0 Å². The van der Waals surface area contributed by atoms with Crippen LogP contribution in [0.2, 0.25) is 0 Å². The van der Waals surface area contributed by atoms with Crippen molar-refractivity contribution in [3.05, 3.63) is 28.3 Å². The molecule has 0 aromatic heterocycles. The van der Waals surface area contributed by atoms with Crippen LogP contribution in [0.5, 0.6) is 5.75 Å². The van der Waals surface area contributed by atoms with Gasteiger partial charge in [0.15, 0.2) is 0 Å². The number of nitro groups is 1. The normalized spacial score (nSPS) is 21.7. The summed E-state index contributed by atoms with van der Waals surface area (Å²) in [5.41, 5.74) is -0.0157. The lowest BCUT2D eigenvalue weighted by atomic mass is 10.2. The number of rotatable bonds is 7. The predicted molar refractivity (Wildman–Crippen MR) is 82.6 cm³/mol. The summed E-state index contributed by atoms with van der Waals surface area (Å²) in [7, 11) is 0. The number of nitrogens with one attached hydrogen (secondary N) is 1. The van der Waals surface area contributed by atoms with Crippen LogP contribution in [0.25, 0.3) is 0 Å². The first-order chi connectivity index (χ1) is 11.5. The third kappa shape index (κ3) is 4.30. The van der Waals surface area contributed by atoms with Gasteiger partial charge in [0.2, 0.25) is 5.75 Å². The number of benzene rings is 1. The number of hydrogen-bond donors (Lipinski definition) is 1. The van der Waals surface area contributed by atoms with E-state index in [0.717, 1.165) is 19.2 Å². The van der Waals surface area contributed by atoms with E-state index in [1.54, 1.807) is 0 Å². The van der Waals surface area contributed by atoms with E-state index in [2.05, 4.69) is 15.0 Å². The number of anilines is 1. The maximum atomic E-state index is 12.4. The maximum absolute atomic E-state index is 12.4. The van der Waals surface area contributed by atoms with Crippen LogP contribution in [0, 0.1) is 10.1 Å². The Hall–Kier alpha value is -2.00. The molecule has 1 aromatic rings. The second-order valence-electron chi connectivity index (χ2n) is 5.92. The van der Waals surface area contributed by atoms with Gasteiger partial charge < -0.3 is 14.8 Å². The average Bonchev–Trinajstić information content (AvgIpc) is 3.37. The molecule has 1 saturated carbocycles. The summed E-state index contributed by atoms with van der Waals surface area (Å²) >= 11 is 0. The highest BCUT2D eigenvalue weighted by Gasteiger charge is 2.32. The molecule has 1 heterocycles. The van der Waals surface area contributed by atoms with E-state index >= 15 is 0 Å². The van der Waals surface area contributed by atoms with Crippen LogP contribution in [-0.2, 0) is 4.74 Å². The molecule has 7 nitrogen and oxygen atoms in total. The van der Waals surface area contributed by atoms with Gasteiger partial charge in [-0.1, -0.05) is 0 Å². The van der Waals surface area contributed by atoms with Crippen molar-refractivity contribution in [2.45, 2.75) is 31.6 Å². The highest BCUT2D eigenvalue weighted by atomic mass is 19.3. The molecule has 132 valence electrons. The Morgan fingerprint density at radius 1 is 1.46 bits per heavy atom. The zero-order valence-corrected chi connectivity index (χ0v) is 13.0. The first kappa shape index (κ1) is 16.8. The molecule has 2 fully saturated rings. The number of halogens is 2. The lowest BCUT2D eigenvalue weighted by molar-refractivity contribution is -0.386. The summed E-state index contributed by atoms with van der Waals surface area (Å²) in [5.74, 6) is -0.454. The maximum Gasteiger partial charge on any atom is 0.387 e. The minimum atomic E-state index is -3.12. The fourth-order valence-electron chi connectivity index (χ4n) is 2.83. The van der Waals surface area contributed by atoms with Crippen LogP contribution in [0.1, 0.15) is 12.8 Å². The molecule has 0 spiro atoms. The van der Waals surface area contributed by atoms with Gasteiger partial charge in [0.05, 0.1) is 17.6 Å². The van der Waals surface area contributed by atoms with E-state index in [9.17, 15) is 18.9 Å². The van der Waals surface area contributed by atoms with E-state index in [0.29, 0.717) is 24.9 Å². The Bertz CT molecular complexity index is 598. The summed E-state index contributed by atoms with van der Waals surface area (Å²) in [6.45, 7) is -0.193. The van der Waals surface area contributed by atoms with Gasteiger partial charge >= 0.3 is 12.3 Å². The minimum absolute atomic E-state index is 0.00555. The van der Waals surface area contributed by atoms with Crippen molar-refractivity contribution in [2.24, 2.45) is 0 Å². The first-order valence-electron chi connectivity index (χ1n) is 7.85. The standard InChI is InChI=1S/C15H19F2N3O4/c16-15(17)24-14-7-10(1-4-13(14)20(21)22)18-8-12-9-19(5-6-23-12)11-2-3-11/h1,4,7,11-12,15,18H,2-3,5-6,8-9H2. The van der Waals surface area contributed by atoms with Gasteiger partial charge in [-0.25, -0.2) is 0 Å². The third-order valence-electron chi connectivity index (χ3n) is 4.14. The van der Waals surface area contributed by atoms with Crippen LogP contribution in [-0.4, -0.2) is 54.8 Å². The van der Waals surface area contributed by atoms with Crippen molar-refractivity contribution in [2.75, 3.05) is 31.6 Å². The summed E-state index contributed by atoms with van der Waals surface area (Å²) in [6, 6.07) is 4.50. The fraction of sp³-hybridized carbons (Fsp3) is 0.600. The van der Waals surface area contributed by atoms with Crippen molar-refractivity contribution in [3.8, 4) is 5.75 Å². The van der Waals surface area contributed by atoms with Gasteiger partial charge in [-0.05, 0) is 18.9 Å². The number of hydrogen-bond acceptors (Lipinski definition) is 6. The Balaban J connectivity index is 1.60. The Morgan fingerprint density at radius 3 is 2.92 bits per heavy atom. The summed E-state index contributed by atoms with van der Waals surface area (Å²) < 4.78 is 34.8. The molecule has 1 saturated heterocycles. The van der Waals surface area contributed by atoms with Crippen LogP contribution < -0.4 is 10.1 Å². The van der Waals surface area contributed by atoms with E-state index < -0.39 is 23.0 Å². The second kappa shape index (κ2) is 7.27. The van der Waals surface area contributed by atoms with Crippen LogP contribution in [0.4, 0.5) is 20.2 Å². The smallest absolute Gasteiger partial charge is 0.387 e. The molecular formula is C15H19F2N3O4. The van der Waals surface area contributed by atoms with Gasteiger partial charge in [0.1, 0.15) is 0 Å². The summed E-state index contributed by atoms with van der Waals surface area (Å²) in [6.07, 6.45) is 2.46. The van der Waals surface area contributed by atoms with Crippen molar-refractivity contribution in [1.29, 1.82) is 0 Å². The molecule has 1 aliphatic heterocycles. The highest BCUT2D eigenvalue weighted by molar-refractivity contribution is 5.58. The molecule has 24 heavy (non-hydrogen) atoms. The quantitative estimate of drug-likeness (QED) is 0.605. The van der Waals surface area contributed by atoms with Crippen molar-refractivity contribution >= 4 is 11.4 Å². The SMILES string of the molecule is O=[N+]([O-])c1ccc(NCC2CN(C3CC3)CCO2)cc1OC(F)F. The molecule has 0 bridgehead atoms. The van der Waals surface area contributed by atoms with Crippen LogP contribution in [0.15, 0.2) is 18.2 Å². The Kier molecular flexibility index (Phi) is 5.10. The van der Waals surface area contributed by atoms with E-state index in [-0.39, 0.29) is 6.10 Å². The first-order valence-corrected chi connectivity index (χ1v) is 7.85. The fourth-order valence-corrected chi connectivity index (χ4v) is 2.83. The topological polar surface area (TPSA) is 76.9 Å².